The van der Waals surface area contributed by atoms with Crippen LogP contribution in [0.3, 0.4) is 0 Å². The molecular formula is C22H23N3O7. The maximum atomic E-state index is 12.5. The number of rotatable bonds is 8. The minimum Gasteiger partial charge on any atom is -0.494 e. The van der Waals surface area contributed by atoms with Gasteiger partial charge in [-0.2, -0.15) is 0 Å². The predicted octanol–water partition coefficient (Wildman–Crippen LogP) is 2.38. The van der Waals surface area contributed by atoms with Gasteiger partial charge in [0.15, 0.2) is 6.61 Å². The molecule has 1 fully saturated rings. The number of anilines is 1. The van der Waals surface area contributed by atoms with Gasteiger partial charge in [-0.15, -0.1) is 0 Å². The molecule has 10 heteroatoms. The number of hydrogen-bond acceptors (Lipinski definition) is 7. The van der Waals surface area contributed by atoms with Gasteiger partial charge >= 0.3 is 5.97 Å². The number of hydrogen-bond donors (Lipinski definition) is 1. The Morgan fingerprint density at radius 1 is 1.25 bits per heavy atom. The molecule has 1 aliphatic rings. The molecule has 2 aromatic rings. The largest absolute Gasteiger partial charge is 0.494 e. The molecule has 1 saturated heterocycles. The van der Waals surface area contributed by atoms with E-state index in [0.717, 1.165) is 5.56 Å². The molecule has 0 aromatic heterocycles. The topological polar surface area (TPSA) is 128 Å². The van der Waals surface area contributed by atoms with Crippen LogP contribution in [0.2, 0.25) is 0 Å². The highest BCUT2D eigenvalue weighted by Gasteiger charge is 2.37. The number of amides is 2. The lowest BCUT2D eigenvalue weighted by Gasteiger charge is -2.19. The van der Waals surface area contributed by atoms with Crippen LogP contribution in [0.5, 0.6) is 5.75 Å². The number of non-ortho nitro benzene ring substituents is 1. The fourth-order valence-electron chi connectivity index (χ4n) is 3.46. The van der Waals surface area contributed by atoms with Crippen LogP contribution in [0, 0.1) is 16.0 Å². The number of esters is 1. The standard InChI is InChI=1S/C22H23N3O7/c1-14(15-6-4-3-5-7-15)23-20(26)13-32-22(28)16-10-21(27)24(12-16)18-9-8-17(25(29)30)11-19(18)31-2/h3-9,11,14,16H,10,12-13H2,1-2H3,(H,23,26)/t14-,16-/m1/s1. The number of nitrogens with zero attached hydrogens (tertiary/aromatic N) is 2. The van der Waals surface area contributed by atoms with Crippen molar-refractivity contribution >= 4 is 29.2 Å². The van der Waals surface area contributed by atoms with E-state index >= 15 is 0 Å². The summed E-state index contributed by atoms with van der Waals surface area (Å²) in [6, 6.07) is 13.0. The van der Waals surface area contributed by atoms with E-state index in [1.807, 2.05) is 37.3 Å². The first-order valence-electron chi connectivity index (χ1n) is 9.94. The van der Waals surface area contributed by atoms with Crippen molar-refractivity contribution in [3.8, 4) is 5.75 Å². The Hall–Kier alpha value is -3.95. The summed E-state index contributed by atoms with van der Waals surface area (Å²) in [6.07, 6.45) is -0.0962. The Morgan fingerprint density at radius 2 is 1.97 bits per heavy atom. The van der Waals surface area contributed by atoms with Gasteiger partial charge in [0, 0.05) is 19.0 Å². The third kappa shape index (κ3) is 5.20. The van der Waals surface area contributed by atoms with Crippen LogP contribution < -0.4 is 15.0 Å². The second-order valence-corrected chi connectivity index (χ2v) is 7.33. The summed E-state index contributed by atoms with van der Waals surface area (Å²) in [5.41, 5.74) is 1.07. The van der Waals surface area contributed by atoms with Gasteiger partial charge in [-0.3, -0.25) is 24.5 Å². The second kappa shape index (κ2) is 9.90. The first-order chi connectivity index (χ1) is 15.3. The zero-order valence-electron chi connectivity index (χ0n) is 17.6. The summed E-state index contributed by atoms with van der Waals surface area (Å²) in [5.74, 6) is -2.07. The van der Waals surface area contributed by atoms with E-state index in [2.05, 4.69) is 5.32 Å². The molecule has 2 atom stereocenters. The molecule has 1 N–H and O–H groups in total. The highest BCUT2D eigenvalue weighted by atomic mass is 16.6. The normalized spacial score (nSPS) is 16.4. The summed E-state index contributed by atoms with van der Waals surface area (Å²) in [6.45, 7) is 1.38. The first kappa shape index (κ1) is 22.7. The van der Waals surface area contributed by atoms with E-state index in [1.165, 1.54) is 30.2 Å². The first-order valence-corrected chi connectivity index (χ1v) is 9.94. The van der Waals surface area contributed by atoms with Crippen molar-refractivity contribution in [1.29, 1.82) is 0 Å². The molecule has 32 heavy (non-hydrogen) atoms. The molecule has 168 valence electrons. The highest BCUT2D eigenvalue weighted by Crippen LogP contribution is 2.35. The van der Waals surface area contributed by atoms with Crippen molar-refractivity contribution in [3.63, 3.8) is 0 Å². The van der Waals surface area contributed by atoms with E-state index in [4.69, 9.17) is 9.47 Å². The lowest BCUT2D eigenvalue weighted by molar-refractivity contribution is -0.384. The molecule has 1 aliphatic heterocycles. The molecule has 0 aliphatic carbocycles. The lowest BCUT2D eigenvalue weighted by atomic mass is 10.1. The van der Waals surface area contributed by atoms with Gasteiger partial charge in [-0.05, 0) is 18.6 Å². The Kier molecular flexibility index (Phi) is 7.04. The summed E-state index contributed by atoms with van der Waals surface area (Å²) >= 11 is 0. The zero-order chi connectivity index (χ0) is 23.3. The third-order valence-corrected chi connectivity index (χ3v) is 5.15. The Bertz CT molecular complexity index is 1030. The minimum absolute atomic E-state index is 0.0217. The fourth-order valence-corrected chi connectivity index (χ4v) is 3.46. The molecule has 0 bridgehead atoms. The fraction of sp³-hybridized carbons (Fsp3) is 0.318. The summed E-state index contributed by atoms with van der Waals surface area (Å²) < 4.78 is 10.3. The maximum Gasteiger partial charge on any atom is 0.311 e. The molecular weight excluding hydrogens is 418 g/mol. The Balaban J connectivity index is 1.57. The highest BCUT2D eigenvalue weighted by molar-refractivity contribution is 6.00. The van der Waals surface area contributed by atoms with E-state index in [-0.39, 0.29) is 36.4 Å². The molecule has 0 unspecified atom stereocenters. The summed E-state index contributed by atoms with van der Waals surface area (Å²) in [7, 11) is 1.34. The van der Waals surface area contributed by atoms with Gasteiger partial charge in [0.2, 0.25) is 5.91 Å². The van der Waals surface area contributed by atoms with E-state index in [1.54, 1.807) is 0 Å². The molecule has 0 radical (unpaired) electrons. The van der Waals surface area contributed by atoms with E-state index in [9.17, 15) is 24.5 Å². The number of methoxy groups -OCH3 is 1. The van der Waals surface area contributed by atoms with Gasteiger partial charge in [0.05, 0.1) is 35.7 Å². The maximum absolute atomic E-state index is 12.5. The SMILES string of the molecule is COc1cc([N+](=O)[O-])ccc1N1C[C@H](C(=O)OCC(=O)N[C@H](C)c2ccccc2)CC1=O. The van der Waals surface area contributed by atoms with Gasteiger partial charge in [0.25, 0.3) is 11.6 Å². The van der Waals surface area contributed by atoms with Gasteiger partial charge in [-0.25, -0.2) is 0 Å². The van der Waals surface area contributed by atoms with Crippen molar-refractivity contribution in [2.24, 2.45) is 5.92 Å². The summed E-state index contributed by atoms with van der Waals surface area (Å²) in [4.78, 5) is 48.7. The predicted molar refractivity (Wildman–Crippen MR) is 114 cm³/mol. The molecule has 0 spiro atoms. The average molecular weight is 441 g/mol. The molecule has 2 amide bonds. The molecule has 10 nitrogen and oxygen atoms in total. The summed E-state index contributed by atoms with van der Waals surface area (Å²) in [5, 5.41) is 13.7. The van der Waals surface area contributed by atoms with Gasteiger partial charge in [-0.1, -0.05) is 30.3 Å². The molecule has 2 aromatic carbocycles. The van der Waals surface area contributed by atoms with Crippen molar-refractivity contribution in [2.75, 3.05) is 25.2 Å². The van der Waals surface area contributed by atoms with Crippen LogP contribution in [0.25, 0.3) is 0 Å². The smallest absolute Gasteiger partial charge is 0.311 e. The number of carbonyl (C=O) groups is 3. The Morgan fingerprint density at radius 3 is 2.62 bits per heavy atom. The molecule has 3 rings (SSSR count). The molecule has 1 heterocycles. The number of carbonyl (C=O) groups excluding carboxylic acids is 3. The van der Waals surface area contributed by atoms with Crippen molar-refractivity contribution in [2.45, 2.75) is 19.4 Å². The van der Waals surface area contributed by atoms with Gasteiger partial charge < -0.3 is 19.7 Å². The molecule has 0 saturated carbocycles. The number of ether oxygens (including phenoxy) is 2. The minimum atomic E-state index is -0.762. The number of benzene rings is 2. The number of nitro groups is 1. The number of nitro benzene ring substituents is 1. The van der Waals surface area contributed by atoms with Crippen LogP contribution >= 0.6 is 0 Å². The average Bonchev–Trinajstić information content (AvgIpc) is 3.18. The van der Waals surface area contributed by atoms with Gasteiger partial charge in [0.1, 0.15) is 5.75 Å². The third-order valence-electron chi connectivity index (χ3n) is 5.15. The van der Waals surface area contributed by atoms with E-state index < -0.39 is 29.3 Å². The monoisotopic (exact) mass is 441 g/mol. The van der Waals surface area contributed by atoms with Crippen molar-refractivity contribution in [3.05, 3.63) is 64.2 Å². The van der Waals surface area contributed by atoms with Crippen molar-refractivity contribution < 1.29 is 28.8 Å². The van der Waals surface area contributed by atoms with Crippen LogP contribution in [0.15, 0.2) is 48.5 Å². The second-order valence-electron chi connectivity index (χ2n) is 7.33. The van der Waals surface area contributed by atoms with Crippen LogP contribution in [0.4, 0.5) is 11.4 Å². The number of nitrogens with one attached hydrogen (secondary N) is 1. The van der Waals surface area contributed by atoms with Crippen LogP contribution in [-0.4, -0.2) is 43.0 Å². The van der Waals surface area contributed by atoms with E-state index in [0.29, 0.717) is 5.69 Å². The van der Waals surface area contributed by atoms with Crippen molar-refractivity contribution in [1.82, 2.24) is 5.32 Å². The van der Waals surface area contributed by atoms with Crippen LogP contribution in [0.1, 0.15) is 24.9 Å². The zero-order valence-corrected chi connectivity index (χ0v) is 17.6. The van der Waals surface area contributed by atoms with Crippen LogP contribution in [-0.2, 0) is 19.1 Å². The lowest BCUT2D eigenvalue weighted by Crippen LogP contribution is -2.32. The quantitative estimate of drug-likeness (QED) is 0.378. The Labute approximate surface area is 184 Å².